The number of thioether (sulfide) groups is 1. The van der Waals surface area contributed by atoms with E-state index in [0.29, 0.717) is 17.9 Å². The van der Waals surface area contributed by atoms with E-state index >= 15 is 0 Å². The Balaban J connectivity index is 1.87. The number of alkyl halides is 3. The fourth-order valence-corrected chi connectivity index (χ4v) is 3.23. The van der Waals surface area contributed by atoms with Crippen LogP contribution in [0.2, 0.25) is 0 Å². The quantitative estimate of drug-likeness (QED) is 0.558. The molecule has 0 spiro atoms. The number of aryl methyl sites for hydroxylation is 1. The lowest BCUT2D eigenvalue weighted by atomic mass is 10.1. The van der Waals surface area contributed by atoms with Crippen LogP contribution in [0.25, 0.3) is 6.08 Å². The molecule has 0 saturated heterocycles. The van der Waals surface area contributed by atoms with Crippen LogP contribution in [0.3, 0.4) is 0 Å². The van der Waals surface area contributed by atoms with Crippen molar-refractivity contribution in [3.05, 3.63) is 65.2 Å². The topological polar surface area (TPSA) is 29.5 Å². The number of hydrogen-bond acceptors (Lipinski definition) is 3. The van der Waals surface area contributed by atoms with E-state index in [0.717, 1.165) is 34.8 Å². The summed E-state index contributed by atoms with van der Waals surface area (Å²) < 4.78 is 43.3. The van der Waals surface area contributed by atoms with Crippen LogP contribution in [0.1, 0.15) is 30.0 Å². The van der Waals surface area contributed by atoms with Gasteiger partial charge in [0.05, 0.1) is 18.3 Å². The van der Waals surface area contributed by atoms with E-state index in [1.807, 2.05) is 25.1 Å². The van der Waals surface area contributed by atoms with Gasteiger partial charge in [-0.05, 0) is 54.8 Å². The number of aliphatic hydroxyl groups excluding tert-OH is 1. The number of rotatable bonds is 8. The minimum absolute atomic E-state index is 0.450. The molecule has 1 N–H and O–H groups in total. The number of benzene rings is 2. The van der Waals surface area contributed by atoms with Crippen molar-refractivity contribution in [3.8, 4) is 5.75 Å². The molecule has 1 atom stereocenters. The normalized spacial score (nSPS) is 13.1. The van der Waals surface area contributed by atoms with Gasteiger partial charge in [0.2, 0.25) is 0 Å². The van der Waals surface area contributed by atoms with E-state index < -0.39 is 17.8 Å². The van der Waals surface area contributed by atoms with Crippen LogP contribution in [0, 0.1) is 6.92 Å². The van der Waals surface area contributed by atoms with Gasteiger partial charge < -0.3 is 9.84 Å². The molecule has 0 bridgehead atoms. The smallest absolute Gasteiger partial charge is 0.416 e. The highest BCUT2D eigenvalue weighted by molar-refractivity contribution is 7.99. The Morgan fingerprint density at radius 1 is 1.15 bits per heavy atom. The summed E-state index contributed by atoms with van der Waals surface area (Å²) in [5, 5.41) is 10.1. The largest absolute Gasteiger partial charge is 0.493 e. The molecule has 2 rings (SSSR count). The van der Waals surface area contributed by atoms with Crippen molar-refractivity contribution >= 4 is 17.8 Å². The van der Waals surface area contributed by atoms with E-state index in [9.17, 15) is 18.3 Å². The van der Waals surface area contributed by atoms with Crippen molar-refractivity contribution in [2.75, 3.05) is 12.4 Å². The maximum absolute atomic E-state index is 12.5. The minimum Gasteiger partial charge on any atom is -0.493 e. The lowest BCUT2D eigenvalue weighted by Crippen LogP contribution is -2.05. The Bertz CT molecular complexity index is 755. The van der Waals surface area contributed by atoms with E-state index in [-0.39, 0.29) is 0 Å². The van der Waals surface area contributed by atoms with Crippen molar-refractivity contribution in [1.82, 2.24) is 0 Å². The summed E-state index contributed by atoms with van der Waals surface area (Å²) in [6.07, 6.45) is -0.880. The molecule has 146 valence electrons. The van der Waals surface area contributed by atoms with Gasteiger partial charge in [0.15, 0.2) is 0 Å². The van der Waals surface area contributed by atoms with E-state index in [2.05, 4.69) is 6.92 Å². The molecule has 2 nitrogen and oxygen atoms in total. The first kappa shape index (κ1) is 21.4. The van der Waals surface area contributed by atoms with Crippen LogP contribution in [0.5, 0.6) is 5.75 Å². The number of hydrogen-bond donors (Lipinski definition) is 1. The Morgan fingerprint density at radius 3 is 2.44 bits per heavy atom. The Hall–Kier alpha value is -1.92. The molecule has 1 unspecified atom stereocenters. The minimum atomic E-state index is -4.34. The van der Waals surface area contributed by atoms with Crippen LogP contribution in [0.15, 0.2) is 53.4 Å². The second kappa shape index (κ2) is 9.85. The standard InChI is InChI=1S/C21H23F3O2S/c1-3-12-26-20-11-10-19(13-15(20)2)27-14-18(25)9-6-16-4-7-17(8-5-16)21(22,23)24/h4-11,13,18,25H,3,12,14H2,1-2H3/b9-6+. The summed E-state index contributed by atoms with van der Waals surface area (Å²) in [6.45, 7) is 4.72. The van der Waals surface area contributed by atoms with Crippen molar-refractivity contribution < 1.29 is 23.0 Å². The van der Waals surface area contributed by atoms with E-state index in [4.69, 9.17) is 4.74 Å². The van der Waals surface area contributed by atoms with Crippen LogP contribution in [0.4, 0.5) is 13.2 Å². The molecule has 0 aromatic heterocycles. The fraction of sp³-hybridized carbons (Fsp3) is 0.333. The Kier molecular flexibility index (Phi) is 7.80. The van der Waals surface area contributed by atoms with Gasteiger partial charge in [-0.15, -0.1) is 11.8 Å². The highest BCUT2D eigenvalue weighted by atomic mass is 32.2. The van der Waals surface area contributed by atoms with Gasteiger partial charge in [-0.2, -0.15) is 13.2 Å². The predicted molar refractivity (Wildman–Crippen MR) is 104 cm³/mol. The number of aliphatic hydroxyl groups is 1. The first-order valence-electron chi connectivity index (χ1n) is 8.69. The molecular formula is C21H23F3O2S. The second-order valence-electron chi connectivity index (χ2n) is 6.13. The third-order valence-electron chi connectivity index (χ3n) is 3.78. The molecule has 0 aliphatic rings. The van der Waals surface area contributed by atoms with Crippen LogP contribution >= 0.6 is 11.8 Å². The average Bonchev–Trinajstić information content (AvgIpc) is 2.63. The molecule has 0 aliphatic heterocycles. The molecule has 0 saturated carbocycles. The maximum Gasteiger partial charge on any atom is 0.416 e. The highest BCUT2D eigenvalue weighted by Gasteiger charge is 2.29. The molecule has 0 amide bonds. The van der Waals surface area contributed by atoms with Crippen LogP contribution in [-0.4, -0.2) is 23.6 Å². The van der Waals surface area contributed by atoms with Crippen molar-refractivity contribution in [1.29, 1.82) is 0 Å². The van der Waals surface area contributed by atoms with Gasteiger partial charge in [0.25, 0.3) is 0 Å². The zero-order valence-corrected chi connectivity index (χ0v) is 16.1. The van der Waals surface area contributed by atoms with Crippen LogP contribution in [-0.2, 0) is 6.18 Å². The molecule has 0 heterocycles. The zero-order chi connectivity index (χ0) is 19.9. The summed E-state index contributed by atoms with van der Waals surface area (Å²) in [4.78, 5) is 1.03. The Labute approximate surface area is 162 Å². The zero-order valence-electron chi connectivity index (χ0n) is 15.3. The Morgan fingerprint density at radius 2 is 1.85 bits per heavy atom. The first-order chi connectivity index (χ1) is 12.8. The van der Waals surface area contributed by atoms with Gasteiger partial charge in [0.1, 0.15) is 5.75 Å². The first-order valence-corrected chi connectivity index (χ1v) is 9.68. The summed E-state index contributed by atoms with van der Waals surface area (Å²) >= 11 is 1.51. The lowest BCUT2D eigenvalue weighted by molar-refractivity contribution is -0.137. The van der Waals surface area contributed by atoms with Crippen molar-refractivity contribution in [3.63, 3.8) is 0 Å². The monoisotopic (exact) mass is 396 g/mol. The maximum atomic E-state index is 12.5. The van der Waals surface area contributed by atoms with E-state index in [1.165, 1.54) is 23.9 Å². The lowest BCUT2D eigenvalue weighted by Gasteiger charge is -2.10. The average molecular weight is 396 g/mol. The van der Waals surface area contributed by atoms with Gasteiger partial charge in [-0.25, -0.2) is 0 Å². The van der Waals surface area contributed by atoms with Crippen molar-refractivity contribution in [2.45, 2.75) is 37.4 Å². The van der Waals surface area contributed by atoms with Crippen molar-refractivity contribution in [2.24, 2.45) is 0 Å². The molecule has 27 heavy (non-hydrogen) atoms. The number of ether oxygens (including phenoxy) is 1. The van der Waals surface area contributed by atoms with Gasteiger partial charge >= 0.3 is 6.18 Å². The molecule has 0 aliphatic carbocycles. The summed E-state index contributed by atoms with van der Waals surface area (Å²) in [7, 11) is 0. The SMILES string of the molecule is CCCOc1ccc(SCC(O)/C=C/c2ccc(C(F)(F)F)cc2)cc1C. The van der Waals surface area contributed by atoms with Gasteiger partial charge in [-0.1, -0.05) is 31.2 Å². The molecule has 2 aromatic rings. The number of halogens is 3. The van der Waals surface area contributed by atoms with E-state index in [1.54, 1.807) is 12.2 Å². The third kappa shape index (κ3) is 6.96. The third-order valence-corrected chi connectivity index (χ3v) is 4.87. The highest BCUT2D eigenvalue weighted by Crippen LogP contribution is 2.29. The summed E-state index contributed by atoms with van der Waals surface area (Å²) in [6, 6.07) is 10.7. The summed E-state index contributed by atoms with van der Waals surface area (Å²) in [5.41, 5.74) is 0.973. The van der Waals surface area contributed by atoms with Gasteiger partial charge in [0, 0.05) is 10.6 Å². The molecule has 2 aromatic carbocycles. The summed E-state index contributed by atoms with van der Waals surface area (Å²) in [5.74, 6) is 1.31. The fourth-order valence-electron chi connectivity index (χ4n) is 2.33. The molecular weight excluding hydrogens is 373 g/mol. The second-order valence-corrected chi connectivity index (χ2v) is 7.23. The predicted octanol–water partition coefficient (Wildman–Crippen LogP) is 5.97. The van der Waals surface area contributed by atoms with Gasteiger partial charge in [-0.3, -0.25) is 0 Å². The molecule has 6 heteroatoms. The molecule has 0 fully saturated rings. The van der Waals surface area contributed by atoms with Crippen LogP contribution < -0.4 is 4.74 Å². The molecule has 0 radical (unpaired) electrons.